The van der Waals surface area contributed by atoms with E-state index in [-0.39, 0.29) is 5.97 Å². The molecule has 0 aromatic heterocycles. The number of benzene rings is 2. The Hall–Kier alpha value is -1.70. The van der Waals surface area contributed by atoms with E-state index in [4.69, 9.17) is 4.84 Å². The SMILES string of the molecule is O=C1C[PH](c2ccccc2)(c2ccccc2)N(C2CCCCCCC2)O1. The molecule has 2 aliphatic rings. The van der Waals surface area contributed by atoms with Crippen LogP contribution < -0.4 is 10.6 Å². The van der Waals surface area contributed by atoms with Gasteiger partial charge < -0.3 is 0 Å². The van der Waals surface area contributed by atoms with E-state index in [9.17, 15) is 4.79 Å². The maximum atomic E-state index is 12.6. The molecule has 138 valence electrons. The predicted octanol–water partition coefficient (Wildman–Crippen LogP) is 4.19. The molecule has 3 nitrogen and oxygen atoms in total. The van der Waals surface area contributed by atoms with Crippen LogP contribution in [-0.4, -0.2) is 23.0 Å². The van der Waals surface area contributed by atoms with E-state index in [1.54, 1.807) is 0 Å². The van der Waals surface area contributed by atoms with Crippen molar-refractivity contribution in [2.75, 3.05) is 6.16 Å². The molecule has 2 aromatic carbocycles. The van der Waals surface area contributed by atoms with Crippen LogP contribution in [0.15, 0.2) is 60.7 Å². The minimum atomic E-state index is -2.44. The first-order chi connectivity index (χ1) is 12.8. The van der Waals surface area contributed by atoms with Crippen LogP contribution in [0.1, 0.15) is 44.9 Å². The third-order valence-electron chi connectivity index (χ3n) is 5.89. The van der Waals surface area contributed by atoms with Crippen LogP contribution >= 0.6 is 7.41 Å². The van der Waals surface area contributed by atoms with Crippen molar-refractivity contribution in [3.8, 4) is 0 Å². The van der Waals surface area contributed by atoms with Gasteiger partial charge in [0.05, 0.1) is 0 Å². The molecule has 0 spiro atoms. The summed E-state index contributed by atoms with van der Waals surface area (Å²) in [4.78, 5) is 20.8. The quantitative estimate of drug-likeness (QED) is 0.760. The van der Waals surface area contributed by atoms with Crippen molar-refractivity contribution in [1.82, 2.24) is 4.83 Å². The second-order valence-electron chi connectivity index (χ2n) is 7.56. The Kier molecular flexibility index (Phi) is 5.38. The van der Waals surface area contributed by atoms with Gasteiger partial charge in [-0.25, -0.2) is 0 Å². The molecule has 1 aliphatic heterocycles. The molecular weight excluding hydrogens is 341 g/mol. The van der Waals surface area contributed by atoms with Gasteiger partial charge in [-0.2, -0.15) is 0 Å². The molecule has 4 rings (SSSR count). The second kappa shape index (κ2) is 7.90. The molecule has 1 saturated carbocycles. The second-order valence-corrected chi connectivity index (χ2v) is 11.2. The molecule has 2 aromatic rings. The van der Waals surface area contributed by atoms with Gasteiger partial charge in [-0.15, -0.1) is 0 Å². The fourth-order valence-corrected chi connectivity index (χ4v) is 9.13. The predicted molar refractivity (Wildman–Crippen MR) is 109 cm³/mol. The van der Waals surface area contributed by atoms with E-state index in [1.807, 2.05) is 12.1 Å². The number of carbonyl (C=O) groups is 1. The molecule has 0 bridgehead atoms. The van der Waals surface area contributed by atoms with Gasteiger partial charge in [0.1, 0.15) is 0 Å². The normalized spacial score (nSPS) is 23.0. The van der Waals surface area contributed by atoms with Gasteiger partial charge in [0.25, 0.3) is 0 Å². The van der Waals surface area contributed by atoms with Crippen LogP contribution in [0.3, 0.4) is 0 Å². The van der Waals surface area contributed by atoms with Gasteiger partial charge in [0.15, 0.2) is 0 Å². The van der Waals surface area contributed by atoms with Crippen molar-refractivity contribution < 1.29 is 9.63 Å². The summed E-state index contributed by atoms with van der Waals surface area (Å²) in [5.74, 6) is -0.0635. The molecule has 0 atom stereocenters. The first-order valence-corrected chi connectivity index (χ1v) is 12.1. The third kappa shape index (κ3) is 3.31. The van der Waals surface area contributed by atoms with Crippen molar-refractivity contribution in [3.05, 3.63) is 60.7 Å². The Balaban J connectivity index is 1.81. The zero-order chi connectivity index (χ0) is 17.8. The average molecular weight is 369 g/mol. The van der Waals surface area contributed by atoms with Crippen LogP contribution in [0.2, 0.25) is 0 Å². The van der Waals surface area contributed by atoms with E-state index < -0.39 is 7.41 Å². The summed E-state index contributed by atoms with van der Waals surface area (Å²) < 4.78 is 0. The zero-order valence-corrected chi connectivity index (χ0v) is 16.3. The number of hydroxylamine groups is 1. The van der Waals surface area contributed by atoms with Gasteiger partial charge in [-0.1, -0.05) is 0 Å². The Morgan fingerprint density at radius 1 is 0.769 bits per heavy atom. The number of nitrogens with zero attached hydrogens (tertiary/aromatic N) is 1. The summed E-state index contributed by atoms with van der Waals surface area (Å²) in [5.41, 5.74) is 0. The topological polar surface area (TPSA) is 29.5 Å². The maximum absolute atomic E-state index is 12.6. The number of hydrogen-bond donors (Lipinski definition) is 0. The van der Waals surface area contributed by atoms with Crippen LogP contribution in [0.5, 0.6) is 0 Å². The molecular formula is C22H28NO2P. The van der Waals surface area contributed by atoms with E-state index in [1.165, 1.54) is 42.7 Å². The van der Waals surface area contributed by atoms with Gasteiger partial charge >= 0.3 is 156 Å². The summed E-state index contributed by atoms with van der Waals surface area (Å²) in [6, 6.07) is 21.6. The fourth-order valence-electron chi connectivity index (χ4n) is 4.62. The van der Waals surface area contributed by atoms with Crippen LogP contribution in [0, 0.1) is 0 Å². The van der Waals surface area contributed by atoms with E-state index in [0.29, 0.717) is 12.2 Å². The summed E-state index contributed by atoms with van der Waals surface area (Å²) in [5, 5.41) is 2.55. The van der Waals surface area contributed by atoms with Crippen molar-refractivity contribution in [2.24, 2.45) is 0 Å². The molecule has 4 heteroatoms. The Bertz CT molecular complexity index is 687. The first-order valence-electron chi connectivity index (χ1n) is 9.92. The average Bonchev–Trinajstić information content (AvgIpc) is 3.01. The molecule has 1 aliphatic carbocycles. The van der Waals surface area contributed by atoms with Crippen molar-refractivity contribution in [1.29, 1.82) is 0 Å². The van der Waals surface area contributed by atoms with E-state index in [2.05, 4.69) is 53.4 Å². The Labute approximate surface area is 156 Å². The van der Waals surface area contributed by atoms with E-state index in [0.717, 1.165) is 12.8 Å². The summed E-state index contributed by atoms with van der Waals surface area (Å²) in [7, 11) is -2.44. The van der Waals surface area contributed by atoms with E-state index >= 15 is 0 Å². The van der Waals surface area contributed by atoms with Gasteiger partial charge in [0, 0.05) is 0 Å². The third-order valence-corrected chi connectivity index (χ3v) is 10.5. The molecule has 1 heterocycles. The molecule has 1 saturated heterocycles. The summed E-state index contributed by atoms with van der Waals surface area (Å²) >= 11 is 0. The number of hydrogen-bond acceptors (Lipinski definition) is 3. The minimum absolute atomic E-state index is 0.0635. The summed E-state index contributed by atoms with van der Waals surface area (Å²) in [6.07, 6.45) is 9.15. The molecule has 0 N–H and O–H groups in total. The van der Waals surface area contributed by atoms with Crippen molar-refractivity contribution in [3.63, 3.8) is 0 Å². The van der Waals surface area contributed by atoms with Crippen LogP contribution in [-0.2, 0) is 9.63 Å². The molecule has 0 unspecified atom stereocenters. The molecule has 2 fully saturated rings. The standard InChI is InChI=1S/C22H28NO2P/c24-22-18-26(20-14-8-4-9-15-20,21-16-10-5-11-17-21)23(25-22)19-12-6-2-1-3-7-13-19/h4-5,8-11,14-17,19,26H,1-3,6-7,12-13,18H2. The first kappa shape index (κ1) is 17.7. The van der Waals surface area contributed by atoms with Crippen molar-refractivity contribution in [2.45, 2.75) is 51.0 Å². The molecule has 0 amide bonds. The monoisotopic (exact) mass is 369 g/mol. The molecule has 0 radical (unpaired) electrons. The van der Waals surface area contributed by atoms with Gasteiger partial charge in [-0.3, -0.25) is 0 Å². The summed E-state index contributed by atoms with van der Waals surface area (Å²) in [6.45, 7) is 0. The van der Waals surface area contributed by atoms with Gasteiger partial charge in [-0.05, 0) is 0 Å². The van der Waals surface area contributed by atoms with Crippen LogP contribution in [0.4, 0.5) is 0 Å². The molecule has 26 heavy (non-hydrogen) atoms. The fraction of sp³-hybridized carbons (Fsp3) is 0.409. The van der Waals surface area contributed by atoms with Gasteiger partial charge in [0.2, 0.25) is 0 Å². The Morgan fingerprint density at radius 3 is 1.81 bits per heavy atom. The zero-order valence-electron chi connectivity index (χ0n) is 15.3. The van der Waals surface area contributed by atoms with Crippen molar-refractivity contribution >= 4 is 24.0 Å². The Morgan fingerprint density at radius 2 is 1.27 bits per heavy atom. The van der Waals surface area contributed by atoms with Crippen LogP contribution in [0.25, 0.3) is 0 Å². The number of rotatable bonds is 3. The number of carbonyl (C=O) groups excluding carboxylic acids is 1.